The monoisotopic (exact) mass is 351 g/mol. The summed E-state index contributed by atoms with van der Waals surface area (Å²) in [5.41, 5.74) is 2.84. The highest BCUT2D eigenvalue weighted by molar-refractivity contribution is 6.32. The Bertz CT molecular complexity index is 915. The number of halogens is 1. The fraction of sp³-hybridized carbons (Fsp3) is 0.100. The Balaban J connectivity index is 1.69. The second-order valence-corrected chi connectivity index (χ2v) is 5.95. The summed E-state index contributed by atoms with van der Waals surface area (Å²) in [6.45, 7) is 2.38. The molecule has 1 aromatic heterocycles. The highest BCUT2D eigenvalue weighted by atomic mass is 35.5. The number of imidazole rings is 1. The van der Waals surface area contributed by atoms with Crippen molar-refractivity contribution in [3.05, 3.63) is 89.0 Å². The maximum atomic E-state index is 12.1. The number of para-hydroxylation sites is 1. The van der Waals surface area contributed by atoms with E-state index in [0.717, 1.165) is 22.6 Å². The van der Waals surface area contributed by atoms with Gasteiger partial charge in [0.05, 0.1) is 5.69 Å². The maximum absolute atomic E-state index is 12.1. The average Bonchev–Trinajstić information content (AvgIpc) is 3.05. The van der Waals surface area contributed by atoms with Crippen molar-refractivity contribution in [3.8, 4) is 5.69 Å². The number of benzene rings is 2. The van der Waals surface area contributed by atoms with E-state index in [-0.39, 0.29) is 5.91 Å². The normalized spacial score (nSPS) is 11.0. The zero-order valence-corrected chi connectivity index (χ0v) is 14.6. The summed E-state index contributed by atoms with van der Waals surface area (Å²) in [5, 5.41) is 3.53. The van der Waals surface area contributed by atoms with Crippen molar-refractivity contribution in [2.24, 2.45) is 0 Å². The molecule has 1 amide bonds. The summed E-state index contributed by atoms with van der Waals surface area (Å²) in [6, 6.07) is 15.3. The Morgan fingerprint density at radius 2 is 1.96 bits per heavy atom. The van der Waals surface area contributed by atoms with Gasteiger partial charge in [-0.1, -0.05) is 48.0 Å². The summed E-state index contributed by atoms with van der Waals surface area (Å²) in [4.78, 5) is 16.4. The largest absolute Gasteiger partial charge is 0.348 e. The molecule has 1 heterocycles. The molecule has 126 valence electrons. The molecular weight excluding hydrogens is 334 g/mol. The van der Waals surface area contributed by atoms with E-state index in [1.807, 2.05) is 60.2 Å². The molecule has 0 saturated heterocycles. The smallest absolute Gasteiger partial charge is 0.244 e. The molecule has 0 radical (unpaired) electrons. The molecule has 4 nitrogen and oxygen atoms in total. The number of carbonyl (C=O) groups excluding carboxylic acids is 1. The zero-order chi connectivity index (χ0) is 17.6. The van der Waals surface area contributed by atoms with Crippen LogP contribution in [-0.2, 0) is 11.3 Å². The molecule has 0 aliphatic heterocycles. The predicted octanol–water partition coefficient (Wildman–Crippen LogP) is 4.16. The first-order valence-corrected chi connectivity index (χ1v) is 8.31. The van der Waals surface area contributed by atoms with Crippen LogP contribution in [0.1, 0.15) is 17.0 Å². The van der Waals surface area contributed by atoms with Crippen LogP contribution in [0.5, 0.6) is 0 Å². The maximum Gasteiger partial charge on any atom is 0.244 e. The molecule has 3 rings (SSSR count). The van der Waals surface area contributed by atoms with Gasteiger partial charge in [-0.05, 0) is 36.3 Å². The number of carbonyl (C=O) groups is 1. The summed E-state index contributed by atoms with van der Waals surface area (Å²) < 4.78 is 2.00. The molecule has 0 saturated carbocycles. The van der Waals surface area contributed by atoms with E-state index < -0.39 is 0 Å². The molecule has 25 heavy (non-hydrogen) atoms. The molecule has 0 spiro atoms. The van der Waals surface area contributed by atoms with Crippen LogP contribution in [0.4, 0.5) is 0 Å². The van der Waals surface area contributed by atoms with Gasteiger partial charge >= 0.3 is 0 Å². The Labute approximate surface area is 151 Å². The van der Waals surface area contributed by atoms with E-state index in [2.05, 4.69) is 10.3 Å². The average molecular weight is 352 g/mol. The lowest BCUT2D eigenvalue weighted by atomic mass is 10.1. The van der Waals surface area contributed by atoms with Crippen molar-refractivity contribution < 1.29 is 4.79 Å². The number of aromatic nitrogens is 2. The van der Waals surface area contributed by atoms with Crippen molar-refractivity contribution >= 4 is 23.6 Å². The first-order chi connectivity index (χ1) is 12.1. The number of nitrogens with zero attached hydrogens (tertiary/aromatic N) is 2. The minimum Gasteiger partial charge on any atom is -0.348 e. The topological polar surface area (TPSA) is 46.9 Å². The third kappa shape index (κ3) is 4.17. The van der Waals surface area contributed by atoms with Gasteiger partial charge in [-0.3, -0.25) is 4.79 Å². The van der Waals surface area contributed by atoms with E-state index in [0.29, 0.717) is 11.6 Å². The van der Waals surface area contributed by atoms with Crippen LogP contribution in [0, 0.1) is 6.92 Å². The van der Waals surface area contributed by atoms with E-state index in [1.165, 1.54) is 6.08 Å². The van der Waals surface area contributed by atoms with E-state index in [1.54, 1.807) is 18.3 Å². The van der Waals surface area contributed by atoms with Crippen molar-refractivity contribution in [3.63, 3.8) is 0 Å². The summed E-state index contributed by atoms with van der Waals surface area (Å²) >= 11 is 6.08. The van der Waals surface area contributed by atoms with Crippen molar-refractivity contribution in [2.75, 3.05) is 0 Å². The SMILES string of the molecule is Cc1nccn1-c1ccccc1CNC(=O)/C=C/c1ccccc1Cl. The van der Waals surface area contributed by atoms with E-state index >= 15 is 0 Å². The van der Waals surface area contributed by atoms with Gasteiger partial charge in [0.2, 0.25) is 5.91 Å². The standard InChI is InChI=1S/C20H18ClN3O/c1-15-22-12-13-24(15)19-9-5-3-7-17(19)14-23-20(25)11-10-16-6-2-4-8-18(16)21/h2-13H,14H2,1H3,(H,23,25)/b11-10+. The molecule has 0 unspecified atom stereocenters. The predicted molar refractivity (Wildman–Crippen MR) is 101 cm³/mol. The Morgan fingerprint density at radius 1 is 1.20 bits per heavy atom. The van der Waals surface area contributed by atoms with Crippen molar-refractivity contribution in [2.45, 2.75) is 13.5 Å². The van der Waals surface area contributed by atoms with Crippen molar-refractivity contribution in [1.82, 2.24) is 14.9 Å². The van der Waals surface area contributed by atoms with E-state index in [9.17, 15) is 4.79 Å². The number of aryl methyl sites for hydroxylation is 1. The Hall–Kier alpha value is -2.85. The number of hydrogen-bond acceptors (Lipinski definition) is 2. The van der Waals surface area contributed by atoms with Gasteiger partial charge in [0.1, 0.15) is 5.82 Å². The quantitative estimate of drug-likeness (QED) is 0.701. The molecule has 1 N–H and O–H groups in total. The first kappa shape index (κ1) is 17.0. The first-order valence-electron chi connectivity index (χ1n) is 7.94. The molecule has 3 aromatic rings. The van der Waals surface area contributed by atoms with Crippen LogP contribution in [0.3, 0.4) is 0 Å². The molecule has 0 aliphatic carbocycles. The number of amides is 1. The van der Waals surface area contributed by atoms with Gasteiger partial charge in [-0.2, -0.15) is 0 Å². The molecule has 0 fully saturated rings. The van der Waals surface area contributed by atoms with Crippen molar-refractivity contribution in [1.29, 1.82) is 0 Å². The molecule has 0 atom stereocenters. The summed E-state index contributed by atoms with van der Waals surface area (Å²) in [6.07, 6.45) is 6.88. The lowest BCUT2D eigenvalue weighted by Crippen LogP contribution is -2.21. The number of hydrogen-bond donors (Lipinski definition) is 1. The molecule has 2 aromatic carbocycles. The van der Waals surface area contributed by atoms with Gasteiger partial charge in [-0.15, -0.1) is 0 Å². The van der Waals surface area contributed by atoms with Crippen LogP contribution < -0.4 is 5.32 Å². The summed E-state index contributed by atoms with van der Waals surface area (Å²) in [5.74, 6) is 0.731. The van der Waals surface area contributed by atoms with E-state index in [4.69, 9.17) is 11.6 Å². The fourth-order valence-electron chi connectivity index (χ4n) is 2.54. The lowest BCUT2D eigenvalue weighted by molar-refractivity contribution is -0.116. The van der Waals surface area contributed by atoms with Gasteiger partial charge in [0.15, 0.2) is 0 Å². The number of nitrogens with one attached hydrogen (secondary N) is 1. The second-order valence-electron chi connectivity index (χ2n) is 5.55. The minimum atomic E-state index is -0.169. The van der Waals surface area contributed by atoms with Crippen LogP contribution >= 0.6 is 11.6 Å². The molecule has 0 aliphatic rings. The molecular formula is C20H18ClN3O. The van der Waals surface area contributed by atoms with Gasteiger partial charge in [0.25, 0.3) is 0 Å². The van der Waals surface area contributed by atoms with Crippen LogP contribution in [0.2, 0.25) is 5.02 Å². The fourth-order valence-corrected chi connectivity index (χ4v) is 2.74. The van der Waals surface area contributed by atoms with Gasteiger partial charge in [-0.25, -0.2) is 4.98 Å². The third-order valence-electron chi connectivity index (χ3n) is 3.85. The zero-order valence-electron chi connectivity index (χ0n) is 13.8. The highest BCUT2D eigenvalue weighted by Crippen LogP contribution is 2.17. The molecule has 0 bridgehead atoms. The molecule has 5 heteroatoms. The third-order valence-corrected chi connectivity index (χ3v) is 4.19. The lowest BCUT2D eigenvalue weighted by Gasteiger charge is -2.12. The van der Waals surface area contributed by atoms with Gasteiger partial charge in [0, 0.05) is 30.0 Å². The highest BCUT2D eigenvalue weighted by Gasteiger charge is 2.07. The summed E-state index contributed by atoms with van der Waals surface area (Å²) in [7, 11) is 0. The van der Waals surface area contributed by atoms with Crippen LogP contribution in [0.25, 0.3) is 11.8 Å². The van der Waals surface area contributed by atoms with Crippen LogP contribution in [0.15, 0.2) is 67.0 Å². The van der Waals surface area contributed by atoms with Crippen LogP contribution in [-0.4, -0.2) is 15.5 Å². The minimum absolute atomic E-state index is 0.169. The Morgan fingerprint density at radius 3 is 2.72 bits per heavy atom. The Kier molecular flexibility index (Phi) is 5.31. The van der Waals surface area contributed by atoms with Gasteiger partial charge < -0.3 is 9.88 Å². The number of rotatable bonds is 5. The second kappa shape index (κ2) is 7.81.